The molecule has 0 heterocycles. The third-order valence-electron chi connectivity index (χ3n) is 4.40. The van der Waals surface area contributed by atoms with E-state index in [9.17, 15) is 16.8 Å². The summed E-state index contributed by atoms with van der Waals surface area (Å²) in [6.45, 7) is 0. The van der Waals surface area contributed by atoms with Crippen LogP contribution in [0.5, 0.6) is 0 Å². The van der Waals surface area contributed by atoms with Crippen molar-refractivity contribution in [1.82, 2.24) is 3.82 Å². The number of hydrogen-bond acceptors (Lipinski definition) is 6. The number of hydrazine groups is 1. The van der Waals surface area contributed by atoms with Crippen LogP contribution < -0.4 is 10.3 Å². The highest BCUT2D eigenvalue weighted by Gasteiger charge is 2.39. The maximum absolute atomic E-state index is 13.5. The smallest absolute Gasteiger partial charge is 0.275 e. The molecular formula is C20H17Cl4N3O4S2. The van der Waals surface area contributed by atoms with Gasteiger partial charge in [-0.3, -0.25) is 5.43 Å². The van der Waals surface area contributed by atoms with E-state index < -0.39 is 24.9 Å². The molecule has 0 spiro atoms. The van der Waals surface area contributed by atoms with Gasteiger partial charge in [-0.25, -0.2) is 16.8 Å². The summed E-state index contributed by atoms with van der Waals surface area (Å²) in [4.78, 5) is 0.968. The van der Waals surface area contributed by atoms with Gasteiger partial charge in [0.05, 0.1) is 25.7 Å². The fourth-order valence-corrected chi connectivity index (χ4v) is 7.12. The molecule has 0 saturated heterocycles. The van der Waals surface area contributed by atoms with Gasteiger partial charge in [0.1, 0.15) is 4.90 Å². The second kappa shape index (κ2) is 9.87. The minimum Gasteiger partial charge on any atom is -0.378 e. The van der Waals surface area contributed by atoms with Crippen molar-refractivity contribution in [2.24, 2.45) is 0 Å². The van der Waals surface area contributed by atoms with E-state index in [0.29, 0.717) is 0 Å². The Bertz CT molecular complexity index is 1380. The third kappa shape index (κ3) is 5.51. The minimum atomic E-state index is -4.80. The fraction of sp³-hybridized carbons (Fsp3) is 0.100. The molecule has 0 fully saturated rings. The van der Waals surface area contributed by atoms with E-state index in [4.69, 9.17) is 46.4 Å². The van der Waals surface area contributed by atoms with Gasteiger partial charge in [0.15, 0.2) is 0 Å². The van der Waals surface area contributed by atoms with Crippen molar-refractivity contribution < 1.29 is 16.8 Å². The molecule has 0 saturated carbocycles. The molecule has 0 amide bonds. The van der Waals surface area contributed by atoms with Gasteiger partial charge in [0.2, 0.25) is 0 Å². The molecule has 0 aliphatic rings. The predicted octanol–water partition coefficient (Wildman–Crippen LogP) is 5.77. The largest absolute Gasteiger partial charge is 0.378 e. The van der Waals surface area contributed by atoms with Crippen LogP contribution in [0, 0.1) is 0 Å². The Morgan fingerprint density at radius 3 is 1.79 bits per heavy atom. The summed E-state index contributed by atoms with van der Waals surface area (Å²) >= 11 is 23.9. The van der Waals surface area contributed by atoms with Gasteiger partial charge in [-0.1, -0.05) is 46.4 Å². The average Bonchev–Trinajstić information content (AvgIpc) is 2.74. The van der Waals surface area contributed by atoms with Crippen molar-refractivity contribution in [2.75, 3.05) is 24.4 Å². The van der Waals surface area contributed by atoms with Crippen molar-refractivity contribution in [1.29, 1.82) is 0 Å². The van der Waals surface area contributed by atoms with Gasteiger partial charge < -0.3 is 4.90 Å². The summed E-state index contributed by atoms with van der Waals surface area (Å²) in [6.07, 6.45) is 0. The number of nitrogens with one attached hydrogen (secondary N) is 1. The summed E-state index contributed by atoms with van der Waals surface area (Å²) in [5.74, 6) is 0. The molecule has 7 nitrogen and oxygen atoms in total. The molecule has 0 aliphatic heterocycles. The van der Waals surface area contributed by atoms with Crippen LogP contribution in [0.15, 0.2) is 70.5 Å². The number of rotatable bonds is 7. The van der Waals surface area contributed by atoms with Crippen molar-refractivity contribution in [3.8, 4) is 0 Å². The Hall–Kier alpha value is -1.72. The molecule has 3 aromatic rings. The second-order valence-electron chi connectivity index (χ2n) is 6.91. The number of nitrogens with zero attached hydrogens (tertiary/aromatic N) is 2. The molecular weight excluding hydrogens is 552 g/mol. The maximum atomic E-state index is 13.5. The molecule has 176 valence electrons. The number of halogens is 4. The Kier molecular flexibility index (Phi) is 7.75. The number of benzene rings is 3. The summed E-state index contributed by atoms with van der Waals surface area (Å²) in [5, 5.41) is -0.118. The first-order valence-corrected chi connectivity index (χ1v) is 13.5. The molecule has 1 N–H and O–H groups in total. The van der Waals surface area contributed by atoms with E-state index in [1.165, 1.54) is 36.4 Å². The first-order chi connectivity index (χ1) is 15.3. The summed E-state index contributed by atoms with van der Waals surface area (Å²) in [5.41, 5.74) is 3.48. The zero-order valence-electron chi connectivity index (χ0n) is 17.1. The van der Waals surface area contributed by atoms with Gasteiger partial charge in [0, 0.05) is 28.6 Å². The van der Waals surface area contributed by atoms with E-state index in [-0.39, 0.29) is 34.5 Å². The van der Waals surface area contributed by atoms with E-state index in [0.717, 1.165) is 17.8 Å². The molecule has 0 radical (unpaired) electrons. The van der Waals surface area contributed by atoms with Crippen molar-refractivity contribution >= 4 is 77.8 Å². The van der Waals surface area contributed by atoms with Gasteiger partial charge in [-0.15, -0.1) is 0 Å². The summed E-state index contributed by atoms with van der Waals surface area (Å²) in [7, 11) is -5.79. The maximum Gasteiger partial charge on any atom is 0.275 e. The SMILES string of the molecule is CN(C)c1ccc(NN(S(=O)(=O)c2ccc(Cl)cc2)S(=O)(=O)c2cc(Cl)c(Cl)cc2Cl)cc1. The predicted molar refractivity (Wildman–Crippen MR) is 134 cm³/mol. The van der Waals surface area contributed by atoms with Crippen LogP contribution in [-0.4, -0.2) is 34.8 Å². The molecule has 0 unspecified atom stereocenters. The van der Waals surface area contributed by atoms with Crippen LogP contribution in [0.4, 0.5) is 11.4 Å². The minimum absolute atomic E-state index is 0.0139. The highest BCUT2D eigenvalue weighted by Crippen LogP contribution is 2.35. The molecule has 3 rings (SSSR count). The Balaban J connectivity index is 2.18. The lowest BCUT2D eigenvalue weighted by Gasteiger charge is -2.24. The van der Waals surface area contributed by atoms with E-state index in [2.05, 4.69) is 5.43 Å². The first-order valence-electron chi connectivity index (χ1n) is 9.09. The molecule has 13 heteroatoms. The zero-order valence-corrected chi connectivity index (χ0v) is 21.8. The molecule has 0 aromatic heterocycles. The highest BCUT2D eigenvalue weighted by molar-refractivity contribution is 8.04. The van der Waals surface area contributed by atoms with Gasteiger partial charge in [-0.05, 0) is 60.7 Å². The van der Waals surface area contributed by atoms with Crippen LogP contribution in [0.25, 0.3) is 0 Å². The Morgan fingerprint density at radius 2 is 1.24 bits per heavy atom. The molecule has 0 aliphatic carbocycles. The number of hydrogen-bond donors (Lipinski definition) is 1. The van der Waals surface area contributed by atoms with Crippen LogP contribution >= 0.6 is 46.4 Å². The number of sulfonamides is 2. The van der Waals surface area contributed by atoms with Crippen LogP contribution in [0.2, 0.25) is 20.1 Å². The van der Waals surface area contributed by atoms with Gasteiger partial charge in [0.25, 0.3) is 20.0 Å². The number of anilines is 2. The second-order valence-corrected chi connectivity index (χ2v) is 12.3. The average molecular weight is 569 g/mol. The Morgan fingerprint density at radius 1 is 0.697 bits per heavy atom. The van der Waals surface area contributed by atoms with Crippen molar-refractivity contribution in [3.63, 3.8) is 0 Å². The lowest BCUT2D eigenvalue weighted by Crippen LogP contribution is -2.41. The fourth-order valence-electron chi connectivity index (χ4n) is 2.68. The summed E-state index contributed by atoms with van der Waals surface area (Å²) < 4.78 is 54.1. The van der Waals surface area contributed by atoms with Crippen molar-refractivity contribution in [3.05, 3.63) is 80.8 Å². The molecule has 33 heavy (non-hydrogen) atoms. The van der Waals surface area contributed by atoms with Crippen molar-refractivity contribution in [2.45, 2.75) is 9.79 Å². The van der Waals surface area contributed by atoms with Crippen LogP contribution in [0.3, 0.4) is 0 Å². The standard InChI is InChI=1S/C20H17Cl4N3O4S2/c1-26(2)15-7-5-14(6-8-15)25-27(32(28,29)16-9-3-13(21)4-10-16)33(30,31)20-12-18(23)17(22)11-19(20)24/h3-12,25H,1-2H3. The van der Waals surface area contributed by atoms with Crippen LogP contribution in [-0.2, 0) is 20.0 Å². The van der Waals surface area contributed by atoms with E-state index in [1.807, 2.05) is 19.0 Å². The molecule has 3 aromatic carbocycles. The Labute approximate surface area is 212 Å². The first kappa shape index (κ1) is 25.9. The zero-order chi connectivity index (χ0) is 24.6. The monoisotopic (exact) mass is 567 g/mol. The van der Waals surface area contributed by atoms with Gasteiger partial charge >= 0.3 is 0 Å². The normalized spacial score (nSPS) is 12.1. The quantitative estimate of drug-likeness (QED) is 0.287. The van der Waals surface area contributed by atoms with E-state index in [1.54, 1.807) is 12.1 Å². The van der Waals surface area contributed by atoms with Crippen LogP contribution in [0.1, 0.15) is 0 Å². The lowest BCUT2D eigenvalue weighted by molar-refractivity contribution is 0.523. The van der Waals surface area contributed by atoms with E-state index >= 15 is 0 Å². The molecule has 0 bridgehead atoms. The summed E-state index contributed by atoms with van der Waals surface area (Å²) in [6, 6.07) is 13.6. The topological polar surface area (TPSA) is 86.8 Å². The molecule has 0 atom stereocenters. The lowest BCUT2D eigenvalue weighted by atomic mass is 10.3. The highest BCUT2D eigenvalue weighted by atomic mass is 35.5. The van der Waals surface area contributed by atoms with Gasteiger partial charge in [-0.2, -0.15) is 0 Å². The third-order valence-corrected chi connectivity index (χ3v) is 9.80.